The molecule has 0 bridgehead atoms. The van der Waals surface area contributed by atoms with E-state index >= 15 is 0 Å². The summed E-state index contributed by atoms with van der Waals surface area (Å²) >= 11 is 0. The molecule has 0 saturated carbocycles. The average Bonchev–Trinajstić information content (AvgIpc) is 2.39. The molecule has 0 atom stereocenters. The van der Waals surface area contributed by atoms with Gasteiger partial charge in [-0.25, -0.2) is 0 Å². The Labute approximate surface area is 114 Å². The molecule has 0 heterocycles. The van der Waals surface area contributed by atoms with E-state index in [-0.39, 0.29) is 0 Å². The van der Waals surface area contributed by atoms with Crippen molar-refractivity contribution in [1.29, 1.82) is 0 Å². The number of aryl methyl sites for hydroxylation is 1. The minimum Gasteiger partial charge on any atom is -0.380 e. The van der Waals surface area contributed by atoms with Crippen LogP contribution in [0.5, 0.6) is 0 Å². The first-order chi connectivity index (χ1) is 9.15. The van der Waals surface area contributed by atoms with Gasteiger partial charge in [0.2, 0.25) is 5.91 Å². The Morgan fingerprint density at radius 1 is 1.47 bits per heavy atom. The van der Waals surface area contributed by atoms with Crippen LogP contribution in [0.1, 0.15) is 27.9 Å². The van der Waals surface area contributed by atoms with Gasteiger partial charge in [-0.1, -0.05) is 12.1 Å². The van der Waals surface area contributed by atoms with Crippen LogP contribution in [0, 0.1) is 6.92 Å². The summed E-state index contributed by atoms with van der Waals surface area (Å²) in [6.07, 6.45) is 2.73. The summed E-state index contributed by atoms with van der Waals surface area (Å²) in [5.41, 5.74) is 8.01. The zero-order chi connectivity index (χ0) is 14.1. The average molecular weight is 262 g/mol. The Morgan fingerprint density at radius 2 is 2.26 bits per heavy atom. The third-order valence-corrected chi connectivity index (χ3v) is 2.83. The van der Waals surface area contributed by atoms with E-state index in [2.05, 4.69) is 11.9 Å². The number of rotatable bonds is 9. The number of amides is 1. The monoisotopic (exact) mass is 262 g/mol. The number of nitrogens with one attached hydrogen (secondary N) is 1. The second-order valence-electron chi connectivity index (χ2n) is 4.37. The van der Waals surface area contributed by atoms with Crippen molar-refractivity contribution in [2.24, 2.45) is 5.73 Å². The number of hydrogen-bond acceptors (Lipinski definition) is 3. The maximum Gasteiger partial charge on any atom is 0.248 e. The molecule has 0 aromatic heterocycles. The Kier molecular flexibility index (Phi) is 6.85. The van der Waals surface area contributed by atoms with Crippen LogP contribution in [0.2, 0.25) is 0 Å². The van der Waals surface area contributed by atoms with Crippen molar-refractivity contribution < 1.29 is 9.53 Å². The molecule has 4 nitrogen and oxygen atoms in total. The van der Waals surface area contributed by atoms with E-state index in [0.717, 1.165) is 37.2 Å². The summed E-state index contributed by atoms with van der Waals surface area (Å²) in [6.45, 7) is 8.58. The first kappa shape index (κ1) is 15.4. The van der Waals surface area contributed by atoms with Crippen molar-refractivity contribution in [3.8, 4) is 0 Å². The number of ether oxygens (including phenoxy) is 1. The lowest BCUT2D eigenvalue weighted by atomic mass is 10.0. The molecular formula is C15H22N2O2. The van der Waals surface area contributed by atoms with Crippen LogP contribution in [0.25, 0.3) is 0 Å². The van der Waals surface area contributed by atoms with Crippen molar-refractivity contribution in [2.75, 3.05) is 19.8 Å². The first-order valence-electron chi connectivity index (χ1n) is 6.44. The summed E-state index contributed by atoms with van der Waals surface area (Å²) < 4.78 is 5.40. The van der Waals surface area contributed by atoms with Gasteiger partial charge in [-0.05, 0) is 36.6 Å². The van der Waals surface area contributed by atoms with Crippen molar-refractivity contribution in [3.05, 3.63) is 47.5 Å². The molecule has 0 unspecified atom stereocenters. The lowest BCUT2D eigenvalue weighted by Gasteiger charge is -2.09. The van der Waals surface area contributed by atoms with E-state index < -0.39 is 5.91 Å². The van der Waals surface area contributed by atoms with Crippen LogP contribution in [-0.4, -0.2) is 25.7 Å². The van der Waals surface area contributed by atoms with E-state index in [9.17, 15) is 4.79 Å². The molecule has 1 aromatic carbocycles. The van der Waals surface area contributed by atoms with Gasteiger partial charge in [0.15, 0.2) is 0 Å². The minimum absolute atomic E-state index is 0.391. The molecule has 0 radical (unpaired) electrons. The predicted molar refractivity (Wildman–Crippen MR) is 77.0 cm³/mol. The van der Waals surface area contributed by atoms with E-state index in [1.54, 1.807) is 6.07 Å². The van der Waals surface area contributed by atoms with Crippen LogP contribution in [0.15, 0.2) is 30.9 Å². The number of benzene rings is 1. The standard InChI is InChI=1S/C15H22N2O2/c1-3-4-8-19-9-7-17-11-14-6-5-13(15(16)18)10-12(14)2/h3,5-6,10,17H,1,4,7-9,11H2,2H3,(H2,16,18). The van der Waals surface area contributed by atoms with E-state index in [0.29, 0.717) is 12.2 Å². The molecule has 0 saturated heterocycles. The van der Waals surface area contributed by atoms with Crippen molar-refractivity contribution in [3.63, 3.8) is 0 Å². The molecule has 3 N–H and O–H groups in total. The molecule has 0 spiro atoms. The summed E-state index contributed by atoms with van der Waals surface area (Å²) in [5.74, 6) is -0.391. The lowest BCUT2D eigenvalue weighted by Crippen LogP contribution is -2.20. The molecule has 0 fully saturated rings. The third kappa shape index (κ3) is 5.68. The number of primary amides is 1. The van der Waals surface area contributed by atoms with Gasteiger partial charge in [-0.15, -0.1) is 6.58 Å². The summed E-state index contributed by atoms with van der Waals surface area (Å²) in [7, 11) is 0. The fourth-order valence-electron chi connectivity index (χ4n) is 1.68. The molecular weight excluding hydrogens is 240 g/mol. The maximum atomic E-state index is 11.0. The highest BCUT2D eigenvalue weighted by Gasteiger charge is 2.03. The highest BCUT2D eigenvalue weighted by atomic mass is 16.5. The SMILES string of the molecule is C=CCCOCCNCc1ccc(C(N)=O)cc1C. The number of carbonyl (C=O) groups is 1. The summed E-state index contributed by atoms with van der Waals surface area (Å²) in [4.78, 5) is 11.0. The summed E-state index contributed by atoms with van der Waals surface area (Å²) in [5, 5.41) is 3.30. The molecule has 1 amide bonds. The van der Waals surface area contributed by atoms with Crippen LogP contribution >= 0.6 is 0 Å². The normalized spacial score (nSPS) is 10.4. The fraction of sp³-hybridized carbons (Fsp3) is 0.400. The highest BCUT2D eigenvalue weighted by molar-refractivity contribution is 5.93. The van der Waals surface area contributed by atoms with Crippen LogP contribution in [0.3, 0.4) is 0 Å². The quantitative estimate of drug-likeness (QED) is 0.526. The van der Waals surface area contributed by atoms with E-state index in [1.807, 2.05) is 25.1 Å². The smallest absolute Gasteiger partial charge is 0.248 e. The maximum absolute atomic E-state index is 11.0. The van der Waals surface area contributed by atoms with Crippen molar-refractivity contribution in [1.82, 2.24) is 5.32 Å². The molecule has 4 heteroatoms. The highest BCUT2D eigenvalue weighted by Crippen LogP contribution is 2.10. The van der Waals surface area contributed by atoms with E-state index in [1.165, 1.54) is 0 Å². The lowest BCUT2D eigenvalue weighted by molar-refractivity contribution is 0.1000. The van der Waals surface area contributed by atoms with Gasteiger partial charge in [0.1, 0.15) is 0 Å². The minimum atomic E-state index is -0.391. The van der Waals surface area contributed by atoms with Gasteiger partial charge in [-0.3, -0.25) is 4.79 Å². The molecule has 1 rings (SSSR count). The predicted octanol–water partition coefficient (Wildman–Crippen LogP) is 1.78. The van der Waals surface area contributed by atoms with Gasteiger partial charge < -0.3 is 15.8 Å². The van der Waals surface area contributed by atoms with Gasteiger partial charge >= 0.3 is 0 Å². The van der Waals surface area contributed by atoms with Crippen molar-refractivity contribution >= 4 is 5.91 Å². The fourth-order valence-corrected chi connectivity index (χ4v) is 1.68. The van der Waals surface area contributed by atoms with Gasteiger partial charge in [0.05, 0.1) is 13.2 Å². The Balaban J connectivity index is 2.29. The molecule has 104 valence electrons. The largest absolute Gasteiger partial charge is 0.380 e. The number of hydrogen-bond donors (Lipinski definition) is 2. The second kappa shape index (κ2) is 8.45. The second-order valence-corrected chi connectivity index (χ2v) is 4.37. The van der Waals surface area contributed by atoms with Crippen LogP contribution < -0.4 is 11.1 Å². The van der Waals surface area contributed by atoms with Crippen molar-refractivity contribution in [2.45, 2.75) is 19.9 Å². The Morgan fingerprint density at radius 3 is 2.89 bits per heavy atom. The summed E-state index contributed by atoms with van der Waals surface area (Å²) in [6, 6.07) is 5.51. The Bertz CT molecular complexity index is 430. The zero-order valence-corrected chi connectivity index (χ0v) is 11.4. The topological polar surface area (TPSA) is 64.3 Å². The number of nitrogens with two attached hydrogens (primary N) is 1. The molecule has 0 aliphatic rings. The zero-order valence-electron chi connectivity index (χ0n) is 11.4. The molecule has 0 aliphatic heterocycles. The van der Waals surface area contributed by atoms with Gasteiger partial charge in [0.25, 0.3) is 0 Å². The first-order valence-corrected chi connectivity index (χ1v) is 6.44. The molecule has 19 heavy (non-hydrogen) atoms. The molecule has 1 aromatic rings. The molecule has 0 aliphatic carbocycles. The van der Waals surface area contributed by atoms with Gasteiger partial charge in [-0.2, -0.15) is 0 Å². The third-order valence-electron chi connectivity index (χ3n) is 2.83. The van der Waals surface area contributed by atoms with E-state index in [4.69, 9.17) is 10.5 Å². The Hall–Kier alpha value is -1.65. The van der Waals surface area contributed by atoms with Crippen LogP contribution in [0.4, 0.5) is 0 Å². The van der Waals surface area contributed by atoms with Crippen LogP contribution in [-0.2, 0) is 11.3 Å². The van der Waals surface area contributed by atoms with Gasteiger partial charge in [0, 0.05) is 18.7 Å². The number of carbonyl (C=O) groups excluding carboxylic acids is 1.